The van der Waals surface area contributed by atoms with Gasteiger partial charge in [0.1, 0.15) is 5.75 Å². The topological polar surface area (TPSA) is 9.23 Å². The fourth-order valence-corrected chi connectivity index (χ4v) is 2.10. The molecular formula is C17H30O. The van der Waals surface area contributed by atoms with Gasteiger partial charge < -0.3 is 4.74 Å². The molecule has 0 amide bonds. The third-order valence-corrected chi connectivity index (χ3v) is 2.85. The Hall–Kier alpha value is -0.980. The maximum absolute atomic E-state index is 5.87. The molecule has 0 aliphatic carbocycles. The van der Waals surface area contributed by atoms with Gasteiger partial charge >= 0.3 is 0 Å². The molecule has 0 saturated carbocycles. The second-order valence-electron chi connectivity index (χ2n) is 4.64. The Labute approximate surface area is 114 Å². The summed E-state index contributed by atoms with van der Waals surface area (Å²) in [6, 6.07) is 4.38. The molecule has 0 atom stereocenters. The van der Waals surface area contributed by atoms with Gasteiger partial charge in [-0.2, -0.15) is 0 Å². The van der Waals surface area contributed by atoms with Crippen molar-refractivity contribution in [1.29, 1.82) is 0 Å². The first-order valence-corrected chi connectivity index (χ1v) is 7.35. The molecule has 0 saturated heterocycles. The number of hydrogen-bond acceptors (Lipinski definition) is 1. The Morgan fingerprint density at radius 3 is 1.94 bits per heavy atom. The second-order valence-corrected chi connectivity index (χ2v) is 4.64. The lowest BCUT2D eigenvalue weighted by Crippen LogP contribution is -2.01. The van der Waals surface area contributed by atoms with Crippen LogP contribution in [0.25, 0.3) is 0 Å². The maximum Gasteiger partial charge on any atom is 0.125 e. The minimum absolute atomic E-state index is 0.852. The highest BCUT2D eigenvalue weighted by molar-refractivity contribution is 5.42. The number of aryl methyl sites for hydroxylation is 3. The van der Waals surface area contributed by atoms with Crippen LogP contribution in [0.1, 0.15) is 63.1 Å². The highest BCUT2D eigenvalue weighted by Crippen LogP contribution is 2.24. The first-order chi connectivity index (χ1) is 8.65. The predicted molar refractivity (Wildman–Crippen MR) is 81.6 cm³/mol. The largest absolute Gasteiger partial charge is 0.493 e. The average molecular weight is 250 g/mol. The van der Waals surface area contributed by atoms with Crippen LogP contribution < -0.4 is 4.74 Å². The summed E-state index contributed by atoms with van der Waals surface area (Å²) in [4.78, 5) is 0. The van der Waals surface area contributed by atoms with E-state index in [1.807, 2.05) is 13.8 Å². The predicted octanol–water partition coefficient (Wildman–Crippen LogP) is 5.60. The Balaban J connectivity index is 0.00000137. The zero-order valence-corrected chi connectivity index (χ0v) is 13.1. The van der Waals surface area contributed by atoms with Crippen LogP contribution in [0, 0.1) is 20.8 Å². The number of unbranched alkanes of at least 4 members (excludes halogenated alkanes) is 3. The zero-order valence-electron chi connectivity index (χ0n) is 13.1. The Morgan fingerprint density at radius 2 is 1.44 bits per heavy atom. The van der Waals surface area contributed by atoms with E-state index in [0.717, 1.165) is 12.4 Å². The quantitative estimate of drug-likeness (QED) is 0.597. The van der Waals surface area contributed by atoms with E-state index in [4.69, 9.17) is 4.74 Å². The molecule has 1 aromatic carbocycles. The number of hydrogen-bond donors (Lipinski definition) is 0. The van der Waals surface area contributed by atoms with Gasteiger partial charge in [0.25, 0.3) is 0 Å². The summed E-state index contributed by atoms with van der Waals surface area (Å²) >= 11 is 0. The van der Waals surface area contributed by atoms with E-state index in [1.54, 1.807) is 0 Å². The molecule has 0 aliphatic rings. The molecule has 0 aliphatic heterocycles. The van der Waals surface area contributed by atoms with E-state index in [0.29, 0.717) is 0 Å². The van der Waals surface area contributed by atoms with Crippen molar-refractivity contribution in [2.24, 2.45) is 0 Å². The van der Waals surface area contributed by atoms with Crippen LogP contribution in [-0.4, -0.2) is 6.61 Å². The normalized spacial score (nSPS) is 9.67. The number of ether oxygens (including phenoxy) is 1. The molecule has 0 unspecified atom stereocenters. The van der Waals surface area contributed by atoms with Gasteiger partial charge in [-0.25, -0.2) is 0 Å². The Bertz CT molecular complexity index is 305. The Kier molecular flexibility index (Phi) is 9.45. The van der Waals surface area contributed by atoms with Crippen LogP contribution in [0.4, 0.5) is 0 Å². The maximum atomic E-state index is 5.87. The molecule has 0 heterocycles. The van der Waals surface area contributed by atoms with Crippen molar-refractivity contribution in [3.63, 3.8) is 0 Å². The zero-order chi connectivity index (χ0) is 14.0. The molecule has 1 nitrogen and oxygen atoms in total. The lowest BCUT2D eigenvalue weighted by atomic mass is 10.1. The SMILES string of the molecule is CC.CCCCCCOc1c(C)cc(C)cc1C. The number of rotatable bonds is 6. The second kappa shape index (κ2) is 9.99. The van der Waals surface area contributed by atoms with Crippen molar-refractivity contribution in [2.45, 2.75) is 67.2 Å². The van der Waals surface area contributed by atoms with Crippen molar-refractivity contribution < 1.29 is 4.74 Å². The summed E-state index contributed by atoms with van der Waals surface area (Å²) in [6.45, 7) is 13.5. The van der Waals surface area contributed by atoms with Crippen LogP contribution in [0.15, 0.2) is 12.1 Å². The molecule has 0 radical (unpaired) electrons. The third-order valence-electron chi connectivity index (χ3n) is 2.85. The smallest absolute Gasteiger partial charge is 0.125 e. The van der Waals surface area contributed by atoms with Crippen molar-refractivity contribution in [3.05, 3.63) is 28.8 Å². The standard InChI is InChI=1S/C15H24O.C2H6/c1-5-6-7-8-9-16-15-13(3)10-12(2)11-14(15)4;1-2/h10-11H,5-9H2,1-4H3;1-2H3. The van der Waals surface area contributed by atoms with E-state index in [1.165, 1.54) is 42.4 Å². The average Bonchev–Trinajstić information content (AvgIpc) is 2.34. The van der Waals surface area contributed by atoms with Crippen LogP contribution in [0.5, 0.6) is 5.75 Å². The van der Waals surface area contributed by atoms with Gasteiger partial charge in [-0.1, -0.05) is 57.7 Å². The lowest BCUT2D eigenvalue weighted by molar-refractivity contribution is 0.301. The van der Waals surface area contributed by atoms with Gasteiger partial charge in [-0.15, -0.1) is 0 Å². The van der Waals surface area contributed by atoms with Gasteiger partial charge in [0.2, 0.25) is 0 Å². The first kappa shape index (κ1) is 17.0. The summed E-state index contributed by atoms with van der Waals surface area (Å²) in [6.07, 6.45) is 5.04. The Morgan fingerprint density at radius 1 is 0.889 bits per heavy atom. The minimum atomic E-state index is 0.852. The minimum Gasteiger partial charge on any atom is -0.493 e. The molecule has 0 spiro atoms. The molecular weight excluding hydrogens is 220 g/mol. The van der Waals surface area contributed by atoms with E-state index < -0.39 is 0 Å². The molecule has 104 valence electrons. The summed E-state index contributed by atoms with van der Waals surface area (Å²) in [7, 11) is 0. The van der Waals surface area contributed by atoms with Gasteiger partial charge in [-0.05, 0) is 38.3 Å². The van der Waals surface area contributed by atoms with E-state index in [2.05, 4.69) is 39.8 Å². The van der Waals surface area contributed by atoms with E-state index >= 15 is 0 Å². The van der Waals surface area contributed by atoms with E-state index in [9.17, 15) is 0 Å². The van der Waals surface area contributed by atoms with Crippen LogP contribution in [0.3, 0.4) is 0 Å². The summed E-state index contributed by atoms with van der Waals surface area (Å²) < 4.78 is 5.87. The molecule has 0 aromatic heterocycles. The summed E-state index contributed by atoms with van der Waals surface area (Å²) in [5.74, 6) is 1.09. The molecule has 18 heavy (non-hydrogen) atoms. The molecule has 0 N–H and O–H groups in total. The molecule has 1 aromatic rings. The lowest BCUT2D eigenvalue weighted by Gasteiger charge is -2.12. The van der Waals surface area contributed by atoms with Crippen molar-refractivity contribution in [3.8, 4) is 5.75 Å². The first-order valence-electron chi connectivity index (χ1n) is 7.35. The fourth-order valence-electron chi connectivity index (χ4n) is 2.10. The molecule has 0 bridgehead atoms. The number of benzene rings is 1. The van der Waals surface area contributed by atoms with Gasteiger partial charge in [0.05, 0.1) is 6.61 Å². The molecule has 0 fully saturated rings. The van der Waals surface area contributed by atoms with Gasteiger partial charge in [0.15, 0.2) is 0 Å². The van der Waals surface area contributed by atoms with Crippen molar-refractivity contribution in [2.75, 3.05) is 6.61 Å². The highest BCUT2D eigenvalue weighted by atomic mass is 16.5. The van der Waals surface area contributed by atoms with Crippen molar-refractivity contribution in [1.82, 2.24) is 0 Å². The van der Waals surface area contributed by atoms with Crippen molar-refractivity contribution >= 4 is 0 Å². The monoisotopic (exact) mass is 250 g/mol. The summed E-state index contributed by atoms with van der Waals surface area (Å²) in [5.41, 5.74) is 3.83. The van der Waals surface area contributed by atoms with Gasteiger partial charge in [-0.3, -0.25) is 0 Å². The van der Waals surface area contributed by atoms with Crippen LogP contribution >= 0.6 is 0 Å². The molecule has 1 rings (SSSR count). The summed E-state index contributed by atoms with van der Waals surface area (Å²) in [5, 5.41) is 0. The van der Waals surface area contributed by atoms with Gasteiger partial charge in [0, 0.05) is 0 Å². The van der Waals surface area contributed by atoms with Crippen LogP contribution in [0.2, 0.25) is 0 Å². The fraction of sp³-hybridized carbons (Fsp3) is 0.647. The van der Waals surface area contributed by atoms with Crippen LogP contribution in [-0.2, 0) is 0 Å². The van der Waals surface area contributed by atoms with E-state index in [-0.39, 0.29) is 0 Å². The third kappa shape index (κ3) is 6.09. The molecule has 1 heteroatoms. The highest BCUT2D eigenvalue weighted by Gasteiger charge is 2.04.